The van der Waals surface area contributed by atoms with Crippen molar-refractivity contribution in [3.8, 4) is 10.7 Å². The molecule has 1 N–H and O–H groups in total. The Labute approximate surface area is 154 Å². The number of amides is 1. The van der Waals surface area contributed by atoms with E-state index in [9.17, 15) is 4.79 Å². The van der Waals surface area contributed by atoms with E-state index in [0.29, 0.717) is 22.3 Å². The third-order valence-electron chi connectivity index (χ3n) is 4.39. The first kappa shape index (κ1) is 16.3. The standard InChI is InChI=1S/C18H16ClN3O2S/c1-10-14(20-17(23)11-5-7-13(19)8-6-11)9-15(25-10)16-21-18(24-22-16)12-3-2-4-12/h5-9,12H,2-4H2,1H3,(H,20,23). The van der Waals surface area contributed by atoms with Gasteiger partial charge in [0.05, 0.1) is 10.6 Å². The topological polar surface area (TPSA) is 68.0 Å². The summed E-state index contributed by atoms with van der Waals surface area (Å²) in [6, 6.07) is 8.69. The van der Waals surface area contributed by atoms with Crippen LogP contribution in [0.4, 0.5) is 5.69 Å². The van der Waals surface area contributed by atoms with Gasteiger partial charge >= 0.3 is 0 Å². The van der Waals surface area contributed by atoms with Gasteiger partial charge in [-0.05, 0) is 50.1 Å². The van der Waals surface area contributed by atoms with Crippen molar-refractivity contribution in [2.24, 2.45) is 0 Å². The van der Waals surface area contributed by atoms with E-state index in [0.717, 1.165) is 34.2 Å². The molecule has 0 saturated heterocycles. The lowest BCUT2D eigenvalue weighted by Crippen LogP contribution is -2.11. The highest BCUT2D eigenvalue weighted by atomic mass is 35.5. The molecule has 2 aromatic heterocycles. The molecule has 2 heterocycles. The number of rotatable bonds is 4. The molecule has 5 nitrogen and oxygen atoms in total. The number of anilines is 1. The monoisotopic (exact) mass is 373 g/mol. The van der Waals surface area contributed by atoms with Crippen LogP contribution in [0.5, 0.6) is 0 Å². The Hall–Kier alpha value is -2.18. The molecule has 0 atom stereocenters. The third kappa shape index (κ3) is 3.32. The van der Waals surface area contributed by atoms with Crippen LogP contribution in [0.2, 0.25) is 5.02 Å². The molecule has 25 heavy (non-hydrogen) atoms. The lowest BCUT2D eigenvalue weighted by molar-refractivity contribution is 0.102. The molecule has 0 radical (unpaired) electrons. The number of carbonyl (C=O) groups excluding carboxylic acids is 1. The van der Waals surface area contributed by atoms with Crippen LogP contribution in [-0.2, 0) is 0 Å². The summed E-state index contributed by atoms with van der Waals surface area (Å²) in [5, 5.41) is 7.62. The van der Waals surface area contributed by atoms with Crippen LogP contribution >= 0.6 is 22.9 Å². The van der Waals surface area contributed by atoms with Gasteiger partial charge in [-0.25, -0.2) is 0 Å². The Kier molecular flexibility index (Phi) is 4.31. The van der Waals surface area contributed by atoms with Gasteiger partial charge < -0.3 is 9.84 Å². The number of aryl methyl sites for hydroxylation is 1. The molecule has 0 bridgehead atoms. The lowest BCUT2D eigenvalue weighted by atomic mass is 9.85. The van der Waals surface area contributed by atoms with Gasteiger partial charge in [0.2, 0.25) is 11.7 Å². The Balaban J connectivity index is 1.52. The van der Waals surface area contributed by atoms with E-state index in [1.807, 2.05) is 13.0 Å². The van der Waals surface area contributed by atoms with Crippen molar-refractivity contribution in [2.75, 3.05) is 5.32 Å². The van der Waals surface area contributed by atoms with Crippen LogP contribution in [-0.4, -0.2) is 16.0 Å². The molecule has 1 fully saturated rings. The van der Waals surface area contributed by atoms with Crippen molar-refractivity contribution in [1.82, 2.24) is 10.1 Å². The van der Waals surface area contributed by atoms with Crippen molar-refractivity contribution in [1.29, 1.82) is 0 Å². The largest absolute Gasteiger partial charge is 0.339 e. The number of hydrogen-bond donors (Lipinski definition) is 1. The second kappa shape index (κ2) is 6.61. The maximum atomic E-state index is 12.4. The first-order valence-corrected chi connectivity index (χ1v) is 9.31. The smallest absolute Gasteiger partial charge is 0.255 e. The van der Waals surface area contributed by atoms with Crippen LogP contribution in [0, 0.1) is 6.92 Å². The van der Waals surface area contributed by atoms with Gasteiger partial charge in [0.15, 0.2) is 0 Å². The molecule has 0 spiro atoms. The van der Waals surface area contributed by atoms with Gasteiger partial charge in [-0.1, -0.05) is 23.2 Å². The number of nitrogens with one attached hydrogen (secondary N) is 1. The van der Waals surface area contributed by atoms with E-state index in [1.54, 1.807) is 24.3 Å². The summed E-state index contributed by atoms with van der Waals surface area (Å²) in [7, 11) is 0. The normalized spacial score (nSPS) is 14.3. The van der Waals surface area contributed by atoms with E-state index >= 15 is 0 Å². The molecular formula is C18H16ClN3O2S. The number of benzene rings is 1. The predicted octanol–water partition coefficient (Wildman–Crippen LogP) is 5.28. The number of thiophene rings is 1. The van der Waals surface area contributed by atoms with E-state index in [4.69, 9.17) is 16.1 Å². The van der Waals surface area contributed by atoms with Crippen LogP contribution in [0.15, 0.2) is 34.9 Å². The molecule has 0 aliphatic heterocycles. The maximum Gasteiger partial charge on any atom is 0.255 e. The number of aromatic nitrogens is 2. The number of hydrogen-bond acceptors (Lipinski definition) is 5. The number of carbonyl (C=O) groups is 1. The van der Waals surface area contributed by atoms with Crippen molar-refractivity contribution in [3.63, 3.8) is 0 Å². The number of halogens is 1. The highest BCUT2D eigenvalue weighted by molar-refractivity contribution is 7.16. The van der Waals surface area contributed by atoms with E-state index in [2.05, 4.69) is 15.5 Å². The molecule has 1 saturated carbocycles. The minimum Gasteiger partial charge on any atom is -0.339 e. The predicted molar refractivity (Wildman–Crippen MR) is 98.3 cm³/mol. The number of nitrogens with zero attached hydrogens (tertiary/aromatic N) is 2. The van der Waals surface area contributed by atoms with Crippen molar-refractivity contribution >= 4 is 34.5 Å². The summed E-state index contributed by atoms with van der Waals surface area (Å²) >= 11 is 7.40. The Morgan fingerprint density at radius 3 is 2.76 bits per heavy atom. The fourth-order valence-corrected chi connectivity index (χ4v) is 3.70. The molecule has 1 aromatic carbocycles. The van der Waals surface area contributed by atoms with Gasteiger partial charge in [-0.2, -0.15) is 4.98 Å². The summed E-state index contributed by atoms with van der Waals surface area (Å²) in [6.07, 6.45) is 3.46. The third-order valence-corrected chi connectivity index (χ3v) is 5.69. The average Bonchev–Trinajstić information content (AvgIpc) is 3.14. The highest BCUT2D eigenvalue weighted by Crippen LogP contribution is 2.38. The van der Waals surface area contributed by atoms with Gasteiger partial charge in [-0.3, -0.25) is 4.79 Å². The van der Waals surface area contributed by atoms with Gasteiger partial charge in [0.25, 0.3) is 5.91 Å². The van der Waals surface area contributed by atoms with Gasteiger partial charge in [-0.15, -0.1) is 11.3 Å². The van der Waals surface area contributed by atoms with Gasteiger partial charge in [0.1, 0.15) is 0 Å². The molecule has 7 heteroatoms. The summed E-state index contributed by atoms with van der Waals surface area (Å²) < 4.78 is 5.38. The first-order valence-electron chi connectivity index (χ1n) is 8.11. The Bertz CT molecular complexity index is 913. The van der Waals surface area contributed by atoms with Crippen LogP contribution < -0.4 is 5.32 Å². The molecule has 3 aromatic rings. The minimum atomic E-state index is -0.174. The molecule has 1 aliphatic carbocycles. The van der Waals surface area contributed by atoms with Crippen LogP contribution in [0.3, 0.4) is 0 Å². The summed E-state index contributed by atoms with van der Waals surface area (Å²) in [5.41, 5.74) is 1.32. The SMILES string of the molecule is Cc1sc(-c2noc(C3CCC3)n2)cc1NC(=O)c1ccc(Cl)cc1. The Morgan fingerprint density at radius 2 is 2.08 bits per heavy atom. The van der Waals surface area contributed by atoms with Crippen molar-refractivity contribution in [2.45, 2.75) is 32.1 Å². The lowest BCUT2D eigenvalue weighted by Gasteiger charge is -2.20. The molecule has 1 amide bonds. The summed E-state index contributed by atoms with van der Waals surface area (Å²) in [4.78, 5) is 18.8. The highest BCUT2D eigenvalue weighted by Gasteiger charge is 2.26. The van der Waals surface area contributed by atoms with Crippen LogP contribution in [0.1, 0.15) is 46.3 Å². The fraction of sp³-hybridized carbons (Fsp3) is 0.278. The zero-order chi connectivity index (χ0) is 17.4. The maximum absolute atomic E-state index is 12.4. The fourth-order valence-electron chi connectivity index (χ4n) is 2.67. The molecule has 4 rings (SSSR count). The minimum absolute atomic E-state index is 0.174. The first-order chi connectivity index (χ1) is 12.1. The van der Waals surface area contributed by atoms with Crippen molar-refractivity contribution < 1.29 is 9.32 Å². The zero-order valence-corrected chi connectivity index (χ0v) is 15.2. The quantitative estimate of drug-likeness (QED) is 0.675. The van der Waals surface area contributed by atoms with E-state index < -0.39 is 0 Å². The molecule has 1 aliphatic rings. The zero-order valence-electron chi connectivity index (χ0n) is 13.6. The van der Waals surface area contributed by atoms with Crippen LogP contribution in [0.25, 0.3) is 10.7 Å². The summed E-state index contributed by atoms with van der Waals surface area (Å²) in [6.45, 7) is 1.96. The summed E-state index contributed by atoms with van der Waals surface area (Å²) in [5.74, 6) is 1.54. The second-order valence-corrected chi connectivity index (χ2v) is 7.82. The molecular weight excluding hydrogens is 358 g/mol. The van der Waals surface area contributed by atoms with E-state index in [-0.39, 0.29) is 5.91 Å². The van der Waals surface area contributed by atoms with Crippen molar-refractivity contribution in [3.05, 3.63) is 51.7 Å². The van der Waals surface area contributed by atoms with E-state index in [1.165, 1.54) is 17.8 Å². The Morgan fingerprint density at radius 1 is 1.32 bits per heavy atom. The van der Waals surface area contributed by atoms with Gasteiger partial charge in [0, 0.05) is 21.4 Å². The average molecular weight is 374 g/mol. The molecule has 128 valence electrons. The second-order valence-electron chi connectivity index (χ2n) is 6.13. The molecule has 0 unspecified atom stereocenters.